The van der Waals surface area contributed by atoms with Gasteiger partial charge >= 0.3 is 0 Å². The van der Waals surface area contributed by atoms with Gasteiger partial charge in [0.25, 0.3) is 0 Å². The molecule has 0 bridgehead atoms. The zero-order chi connectivity index (χ0) is 13.1. The van der Waals surface area contributed by atoms with Crippen LogP contribution >= 0.6 is 0 Å². The van der Waals surface area contributed by atoms with Crippen molar-refractivity contribution in [1.82, 2.24) is 9.97 Å². The number of hydrogen-bond donors (Lipinski definition) is 1. The number of rotatable bonds is 3. The number of nitrogens with two attached hydrogens (primary N) is 1. The fraction of sp³-hybridized carbons (Fsp3) is 0.692. The molecule has 0 aliphatic carbocycles. The Morgan fingerprint density at radius 3 is 2.94 bits per heavy atom. The first kappa shape index (κ1) is 13.1. The number of anilines is 1. The minimum absolute atomic E-state index is 0.311. The molecule has 1 fully saturated rings. The smallest absolute Gasteiger partial charge is 0.218 e. The van der Waals surface area contributed by atoms with E-state index in [2.05, 4.69) is 21.8 Å². The van der Waals surface area contributed by atoms with E-state index in [1.54, 1.807) is 0 Å². The molecule has 0 spiro atoms. The van der Waals surface area contributed by atoms with E-state index in [4.69, 9.17) is 10.5 Å². The summed E-state index contributed by atoms with van der Waals surface area (Å²) in [5, 5.41) is 0. The number of nitrogens with zero attached hydrogens (tertiary/aromatic N) is 3. The molecule has 5 nitrogen and oxygen atoms in total. The second kappa shape index (κ2) is 5.52. The van der Waals surface area contributed by atoms with Gasteiger partial charge in [0.1, 0.15) is 11.6 Å². The molecule has 0 amide bonds. The Morgan fingerprint density at radius 1 is 1.50 bits per heavy atom. The van der Waals surface area contributed by atoms with Gasteiger partial charge in [0.05, 0.1) is 6.61 Å². The maximum absolute atomic E-state index is 5.99. The van der Waals surface area contributed by atoms with E-state index in [-0.39, 0.29) is 0 Å². The third-order valence-electron chi connectivity index (χ3n) is 3.30. The molecule has 2 unspecified atom stereocenters. The second-order valence-electron chi connectivity index (χ2n) is 4.87. The molecule has 1 aliphatic heterocycles. The topological polar surface area (TPSA) is 64.3 Å². The van der Waals surface area contributed by atoms with Crippen LogP contribution in [0, 0.1) is 6.92 Å². The van der Waals surface area contributed by atoms with Crippen LogP contribution in [0.3, 0.4) is 0 Å². The summed E-state index contributed by atoms with van der Waals surface area (Å²) in [6.07, 6.45) is 2.02. The summed E-state index contributed by atoms with van der Waals surface area (Å²) >= 11 is 0. The molecule has 1 aliphatic rings. The normalized spacial score (nSPS) is 24.1. The van der Waals surface area contributed by atoms with Crippen molar-refractivity contribution in [1.29, 1.82) is 0 Å². The van der Waals surface area contributed by atoms with Gasteiger partial charge in [0, 0.05) is 24.7 Å². The van der Waals surface area contributed by atoms with Crippen LogP contribution in [0.1, 0.15) is 32.5 Å². The van der Waals surface area contributed by atoms with Gasteiger partial charge in [-0.25, -0.2) is 4.98 Å². The lowest BCUT2D eigenvalue weighted by Crippen LogP contribution is -2.46. The first-order valence-electron chi connectivity index (χ1n) is 6.61. The largest absolute Gasteiger partial charge is 0.478 e. The lowest BCUT2D eigenvalue weighted by Gasteiger charge is -2.37. The van der Waals surface area contributed by atoms with E-state index >= 15 is 0 Å². The average Bonchev–Trinajstić information content (AvgIpc) is 2.28. The highest BCUT2D eigenvalue weighted by Crippen LogP contribution is 2.24. The van der Waals surface area contributed by atoms with E-state index in [0.29, 0.717) is 24.6 Å². The highest BCUT2D eigenvalue weighted by molar-refractivity contribution is 5.43. The Kier molecular flexibility index (Phi) is 4.01. The van der Waals surface area contributed by atoms with Crippen LogP contribution in [0.15, 0.2) is 6.07 Å². The standard InChI is InChI=1S/C13H22N4O/c1-4-18-13-8-12(15-10(3)16-13)17-6-5-11(14)7-9(17)2/h8-9,11H,4-7,14H2,1-3H3. The van der Waals surface area contributed by atoms with Crippen molar-refractivity contribution >= 4 is 5.82 Å². The monoisotopic (exact) mass is 250 g/mol. The molecular formula is C13H22N4O. The summed E-state index contributed by atoms with van der Waals surface area (Å²) < 4.78 is 5.47. The maximum atomic E-state index is 5.99. The van der Waals surface area contributed by atoms with Crippen LogP contribution in [0.25, 0.3) is 0 Å². The van der Waals surface area contributed by atoms with Crippen LogP contribution in [-0.4, -0.2) is 35.2 Å². The van der Waals surface area contributed by atoms with E-state index in [9.17, 15) is 0 Å². The molecule has 1 aromatic heterocycles. The molecule has 2 rings (SSSR count). The fourth-order valence-corrected chi connectivity index (χ4v) is 2.44. The van der Waals surface area contributed by atoms with Crippen LogP contribution in [0.5, 0.6) is 5.88 Å². The SMILES string of the molecule is CCOc1cc(N2CCC(N)CC2C)nc(C)n1. The average molecular weight is 250 g/mol. The molecule has 0 aromatic carbocycles. The maximum Gasteiger partial charge on any atom is 0.218 e. The third kappa shape index (κ3) is 2.90. The molecule has 1 aromatic rings. The highest BCUT2D eigenvalue weighted by atomic mass is 16.5. The van der Waals surface area contributed by atoms with Crippen LogP contribution in [-0.2, 0) is 0 Å². The summed E-state index contributed by atoms with van der Waals surface area (Å²) in [5.74, 6) is 2.35. The Labute approximate surface area is 108 Å². The summed E-state index contributed by atoms with van der Waals surface area (Å²) in [6, 6.07) is 2.65. The van der Waals surface area contributed by atoms with Crippen molar-refractivity contribution in [3.8, 4) is 5.88 Å². The number of hydrogen-bond acceptors (Lipinski definition) is 5. The zero-order valence-electron chi connectivity index (χ0n) is 11.4. The van der Waals surface area contributed by atoms with Crippen LogP contribution in [0.4, 0.5) is 5.82 Å². The Balaban J connectivity index is 2.21. The predicted molar refractivity (Wildman–Crippen MR) is 72.0 cm³/mol. The van der Waals surface area contributed by atoms with E-state index < -0.39 is 0 Å². The molecule has 18 heavy (non-hydrogen) atoms. The number of ether oxygens (including phenoxy) is 1. The molecule has 100 valence electrons. The van der Waals surface area contributed by atoms with E-state index in [1.165, 1.54) is 0 Å². The van der Waals surface area contributed by atoms with Gasteiger partial charge in [-0.3, -0.25) is 0 Å². The molecule has 1 saturated heterocycles. The van der Waals surface area contributed by atoms with Gasteiger partial charge in [-0.15, -0.1) is 0 Å². The van der Waals surface area contributed by atoms with Crippen molar-refractivity contribution < 1.29 is 4.74 Å². The van der Waals surface area contributed by atoms with Gasteiger partial charge in [-0.1, -0.05) is 0 Å². The summed E-state index contributed by atoms with van der Waals surface area (Å²) in [6.45, 7) is 7.61. The molecule has 2 atom stereocenters. The first-order valence-corrected chi connectivity index (χ1v) is 6.61. The molecular weight excluding hydrogens is 228 g/mol. The third-order valence-corrected chi connectivity index (χ3v) is 3.30. The predicted octanol–water partition coefficient (Wildman–Crippen LogP) is 1.50. The molecule has 2 heterocycles. The molecule has 0 saturated carbocycles. The van der Waals surface area contributed by atoms with Gasteiger partial charge in [-0.2, -0.15) is 4.98 Å². The number of aryl methyl sites for hydroxylation is 1. The van der Waals surface area contributed by atoms with E-state index in [0.717, 1.165) is 31.0 Å². The van der Waals surface area contributed by atoms with Crippen LogP contribution < -0.4 is 15.4 Å². The van der Waals surface area contributed by atoms with Crippen molar-refractivity contribution in [2.24, 2.45) is 5.73 Å². The zero-order valence-corrected chi connectivity index (χ0v) is 11.4. The van der Waals surface area contributed by atoms with Crippen LogP contribution in [0.2, 0.25) is 0 Å². The second-order valence-corrected chi connectivity index (χ2v) is 4.87. The Hall–Kier alpha value is -1.36. The minimum Gasteiger partial charge on any atom is -0.478 e. The molecule has 5 heteroatoms. The fourth-order valence-electron chi connectivity index (χ4n) is 2.44. The lowest BCUT2D eigenvalue weighted by atomic mass is 9.99. The summed E-state index contributed by atoms with van der Waals surface area (Å²) in [4.78, 5) is 11.1. The van der Waals surface area contributed by atoms with Gasteiger partial charge in [-0.05, 0) is 33.6 Å². The summed E-state index contributed by atoms with van der Waals surface area (Å²) in [7, 11) is 0. The lowest BCUT2D eigenvalue weighted by molar-refractivity contribution is 0.325. The van der Waals surface area contributed by atoms with Crippen molar-refractivity contribution in [2.75, 3.05) is 18.1 Å². The van der Waals surface area contributed by atoms with Gasteiger partial charge in [0.2, 0.25) is 5.88 Å². The van der Waals surface area contributed by atoms with Crippen molar-refractivity contribution in [2.45, 2.75) is 45.7 Å². The van der Waals surface area contributed by atoms with Gasteiger partial charge in [0.15, 0.2) is 0 Å². The quantitative estimate of drug-likeness (QED) is 0.880. The van der Waals surface area contributed by atoms with Crippen molar-refractivity contribution in [3.63, 3.8) is 0 Å². The summed E-state index contributed by atoms with van der Waals surface area (Å²) in [5.41, 5.74) is 5.99. The molecule has 2 N–H and O–H groups in total. The highest BCUT2D eigenvalue weighted by Gasteiger charge is 2.24. The number of aromatic nitrogens is 2. The Bertz CT molecular complexity index is 410. The Morgan fingerprint density at radius 2 is 2.28 bits per heavy atom. The van der Waals surface area contributed by atoms with Gasteiger partial charge < -0.3 is 15.4 Å². The number of piperidine rings is 1. The van der Waals surface area contributed by atoms with E-state index in [1.807, 2.05) is 19.9 Å². The first-order chi connectivity index (χ1) is 8.60. The molecule has 0 radical (unpaired) electrons. The van der Waals surface area contributed by atoms with Crippen molar-refractivity contribution in [3.05, 3.63) is 11.9 Å². The minimum atomic E-state index is 0.311.